The topological polar surface area (TPSA) is 49.4 Å². The number of carbonyl (C=O) groups is 2. The molecule has 0 aromatic heterocycles. The van der Waals surface area contributed by atoms with E-state index < -0.39 is 0 Å². The number of anilines is 1. The fourth-order valence-electron chi connectivity index (χ4n) is 3.76. The van der Waals surface area contributed by atoms with E-state index in [2.05, 4.69) is 5.32 Å². The molecule has 1 aliphatic carbocycles. The lowest BCUT2D eigenvalue weighted by atomic mass is 9.95. The molecule has 2 aromatic rings. The number of hydrogen-bond donors (Lipinski definition) is 1. The van der Waals surface area contributed by atoms with Crippen molar-refractivity contribution < 1.29 is 9.59 Å². The predicted octanol–water partition coefficient (Wildman–Crippen LogP) is 6.10. The number of hydrogen-bond acceptors (Lipinski definition) is 4. The van der Waals surface area contributed by atoms with Gasteiger partial charge in [0.05, 0.1) is 5.69 Å². The first-order valence-electron chi connectivity index (χ1n) is 10.0. The van der Waals surface area contributed by atoms with E-state index >= 15 is 0 Å². The molecule has 156 valence electrons. The third kappa shape index (κ3) is 4.39. The summed E-state index contributed by atoms with van der Waals surface area (Å²) >= 11 is 13.5. The van der Waals surface area contributed by atoms with E-state index in [1.165, 1.54) is 23.1 Å². The van der Waals surface area contributed by atoms with E-state index in [9.17, 15) is 9.59 Å². The molecule has 30 heavy (non-hydrogen) atoms. The summed E-state index contributed by atoms with van der Waals surface area (Å²) in [6.45, 7) is 1.88. The van der Waals surface area contributed by atoms with Crippen LogP contribution in [0.4, 0.5) is 5.69 Å². The van der Waals surface area contributed by atoms with Gasteiger partial charge in [0, 0.05) is 21.0 Å². The quantitative estimate of drug-likeness (QED) is 0.547. The zero-order valence-electron chi connectivity index (χ0n) is 16.6. The number of nitrogens with one attached hydrogen (secondary N) is 1. The molecule has 1 N–H and O–H groups in total. The second-order valence-corrected chi connectivity index (χ2v) is 9.55. The summed E-state index contributed by atoms with van der Waals surface area (Å²) in [6.07, 6.45) is 5.47. The van der Waals surface area contributed by atoms with Gasteiger partial charge in [-0.1, -0.05) is 60.3 Å². The van der Waals surface area contributed by atoms with Crippen molar-refractivity contribution in [3.05, 3.63) is 68.7 Å². The van der Waals surface area contributed by atoms with Crippen molar-refractivity contribution >= 4 is 52.5 Å². The minimum Gasteiger partial charge on any atom is -0.377 e. The molecule has 1 heterocycles. The van der Waals surface area contributed by atoms with E-state index in [-0.39, 0.29) is 17.9 Å². The van der Waals surface area contributed by atoms with Crippen molar-refractivity contribution in [2.45, 2.75) is 50.0 Å². The second kappa shape index (κ2) is 9.04. The Hall–Kier alpha value is -1.95. The van der Waals surface area contributed by atoms with E-state index in [0.717, 1.165) is 36.1 Å². The van der Waals surface area contributed by atoms with Crippen molar-refractivity contribution in [2.24, 2.45) is 0 Å². The lowest BCUT2D eigenvalue weighted by molar-refractivity contribution is -0.120. The highest BCUT2D eigenvalue weighted by molar-refractivity contribution is 8.04. The Balaban J connectivity index is 1.69. The van der Waals surface area contributed by atoms with Crippen LogP contribution in [0.2, 0.25) is 10.0 Å². The lowest BCUT2D eigenvalue weighted by Crippen LogP contribution is -2.37. The Morgan fingerprint density at radius 1 is 0.967 bits per heavy atom. The van der Waals surface area contributed by atoms with Crippen LogP contribution in [0.3, 0.4) is 0 Å². The van der Waals surface area contributed by atoms with Crippen LogP contribution in [0.5, 0.6) is 0 Å². The van der Waals surface area contributed by atoms with Crippen LogP contribution in [-0.2, 0) is 9.59 Å². The van der Waals surface area contributed by atoms with Gasteiger partial charge in [0.1, 0.15) is 10.6 Å². The molecule has 1 aliphatic heterocycles. The highest BCUT2D eigenvalue weighted by Crippen LogP contribution is 2.38. The number of imide groups is 1. The van der Waals surface area contributed by atoms with Crippen molar-refractivity contribution in [1.82, 2.24) is 5.32 Å². The van der Waals surface area contributed by atoms with E-state index in [1.54, 1.807) is 24.3 Å². The van der Waals surface area contributed by atoms with Crippen LogP contribution in [0.15, 0.2) is 58.0 Å². The zero-order valence-corrected chi connectivity index (χ0v) is 18.9. The maximum Gasteiger partial charge on any atom is 0.282 e. The number of nitrogens with zero attached hydrogens (tertiary/aromatic N) is 1. The molecule has 2 amide bonds. The largest absolute Gasteiger partial charge is 0.377 e. The molecular formula is C23H22Cl2N2O2S. The summed E-state index contributed by atoms with van der Waals surface area (Å²) in [5.41, 5.74) is 1.75. The van der Waals surface area contributed by atoms with Crippen molar-refractivity contribution in [1.29, 1.82) is 0 Å². The molecular weight excluding hydrogens is 439 g/mol. The highest BCUT2D eigenvalue weighted by Gasteiger charge is 2.41. The van der Waals surface area contributed by atoms with Crippen LogP contribution < -0.4 is 10.2 Å². The summed E-state index contributed by atoms with van der Waals surface area (Å²) in [5.74, 6) is -0.667. The van der Waals surface area contributed by atoms with Gasteiger partial charge < -0.3 is 5.32 Å². The predicted molar refractivity (Wildman–Crippen MR) is 123 cm³/mol. The minimum atomic E-state index is -0.335. The van der Waals surface area contributed by atoms with Crippen LogP contribution >= 0.6 is 35.0 Å². The maximum absolute atomic E-state index is 13.4. The van der Waals surface area contributed by atoms with E-state index in [1.807, 2.05) is 25.1 Å². The first-order valence-corrected chi connectivity index (χ1v) is 11.6. The number of rotatable bonds is 5. The van der Waals surface area contributed by atoms with Gasteiger partial charge in [-0.25, -0.2) is 4.90 Å². The average Bonchev–Trinajstić information content (AvgIpc) is 2.96. The number of benzene rings is 2. The van der Waals surface area contributed by atoms with Crippen molar-refractivity contribution in [3.63, 3.8) is 0 Å². The number of thioether (sulfide) groups is 1. The Kier molecular flexibility index (Phi) is 6.42. The number of amides is 2. The van der Waals surface area contributed by atoms with Gasteiger partial charge >= 0.3 is 0 Å². The van der Waals surface area contributed by atoms with Gasteiger partial charge in [-0.2, -0.15) is 0 Å². The summed E-state index contributed by atoms with van der Waals surface area (Å²) in [5, 5.41) is 4.54. The van der Waals surface area contributed by atoms with Crippen LogP contribution in [0, 0.1) is 6.92 Å². The third-order valence-corrected chi connectivity index (χ3v) is 7.19. The molecule has 4 nitrogen and oxygen atoms in total. The first-order chi connectivity index (χ1) is 14.4. The Morgan fingerprint density at radius 2 is 1.67 bits per heavy atom. The fourth-order valence-corrected chi connectivity index (χ4v) is 4.99. The summed E-state index contributed by atoms with van der Waals surface area (Å²) in [4.78, 5) is 29.2. The lowest BCUT2D eigenvalue weighted by Gasteiger charge is -2.24. The monoisotopic (exact) mass is 460 g/mol. The standard InChI is InChI=1S/C23H22Cl2N2O2S/c1-14-7-10-17(13-19(14)25)27-22(28)20(26-16-5-3-2-4-6-16)21(23(27)29)30-18-11-8-15(24)9-12-18/h7-13,16,26H,2-6H2,1H3. The van der Waals surface area contributed by atoms with E-state index in [4.69, 9.17) is 23.2 Å². The van der Waals surface area contributed by atoms with Gasteiger partial charge in [-0.05, 0) is 61.7 Å². The van der Waals surface area contributed by atoms with Crippen molar-refractivity contribution in [2.75, 3.05) is 4.90 Å². The molecule has 0 atom stereocenters. The van der Waals surface area contributed by atoms with Gasteiger partial charge in [-0.3, -0.25) is 9.59 Å². The zero-order chi connectivity index (χ0) is 21.3. The molecule has 1 fully saturated rings. The minimum absolute atomic E-state index is 0.202. The van der Waals surface area contributed by atoms with E-state index in [0.29, 0.717) is 26.3 Å². The maximum atomic E-state index is 13.4. The average molecular weight is 461 g/mol. The second-order valence-electron chi connectivity index (χ2n) is 7.62. The molecule has 0 bridgehead atoms. The van der Waals surface area contributed by atoms with Crippen LogP contribution in [0.1, 0.15) is 37.7 Å². The highest BCUT2D eigenvalue weighted by atomic mass is 35.5. The summed E-state index contributed by atoms with van der Waals surface area (Å²) in [6, 6.07) is 12.7. The number of carbonyl (C=O) groups excluding carboxylic acids is 2. The Bertz CT molecular complexity index is 1010. The summed E-state index contributed by atoms with van der Waals surface area (Å²) in [7, 11) is 0. The molecule has 2 aliphatic rings. The molecule has 7 heteroatoms. The number of aryl methyl sites for hydroxylation is 1. The summed E-state index contributed by atoms with van der Waals surface area (Å²) < 4.78 is 0. The first kappa shape index (κ1) is 21.3. The van der Waals surface area contributed by atoms with Gasteiger partial charge in [0.2, 0.25) is 0 Å². The smallest absolute Gasteiger partial charge is 0.282 e. The Labute approximate surface area is 190 Å². The van der Waals surface area contributed by atoms with Gasteiger partial charge in [-0.15, -0.1) is 0 Å². The van der Waals surface area contributed by atoms with Crippen LogP contribution in [-0.4, -0.2) is 17.9 Å². The SMILES string of the molecule is Cc1ccc(N2C(=O)C(NC3CCCCC3)=C(Sc3ccc(Cl)cc3)C2=O)cc1Cl. The molecule has 2 aromatic carbocycles. The molecule has 1 saturated carbocycles. The van der Waals surface area contributed by atoms with Gasteiger partial charge in [0.15, 0.2) is 0 Å². The van der Waals surface area contributed by atoms with Gasteiger partial charge in [0.25, 0.3) is 11.8 Å². The fraction of sp³-hybridized carbons (Fsp3) is 0.304. The Morgan fingerprint density at radius 3 is 2.33 bits per heavy atom. The molecule has 0 spiro atoms. The third-order valence-electron chi connectivity index (χ3n) is 5.44. The number of halogens is 2. The molecule has 0 unspecified atom stereocenters. The van der Waals surface area contributed by atoms with Crippen LogP contribution in [0.25, 0.3) is 0 Å². The molecule has 0 radical (unpaired) electrons. The normalized spacial score (nSPS) is 17.8. The molecule has 4 rings (SSSR count). The van der Waals surface area contributed by atoms with Crippen molar-refractivity contribution in [3.8, 4) is 0 Å². The molecule has 0 saturated heterocycles.